The van der Waals surface area contributed by atoms with Gasteiger partial charge >= 0.3 is 6.18 Å². The monoisotopic (exact) mass is 266 g/mol. The standard InChI is InChI=1S/C13H25F3N2/c1-10-7-11(10)8-18(3)12(2,9-17)5-4-6-13(14,15)16/h10-11H,4-9,17H2,1-3H3. The number of nitrogens with zero attached hydrogens (tertiary/aromatic N) is 1. The van der Waals surface area contributed by atoms with Crippen molar-refractivity contribution < 1.29 is 13.2 Å². The first-order valence-corrected chi connectivity index (χ1v) is 6.66. The minimum Gasteiger partial charge on any atom is -0.329 e. The highest BCUT2D eigenvalue weighted by molar-refractivity contribution is 4.91. The van der Waals surface area contributed by atoms with E-state index < -0.39 is 12.6 Å². The average molecular weight is 266 g/mol. The molecule has 0 aromatic rings. The zero-order chi connectivity index (χ0) is 14.0. The summed E-state index contributed by atoms with van der Waals surface area (Å²) >= 11 is 0. The van der Waals surface area contributed by atoms with Crippen molar-refractivity contribution in [2.45, 2.75) is 51.2 Å². The molecule has 0 aromatic carbocycles. The van der Waals surface area contributed by atoms with Gasteiger partial charge in [0.2, 0.25) is 0 Å². The molecule has 108 valence electrons. The number of halogens is 3. The number of alkyl halides is 3. The summed E-state index contributed by atoms with van der Waals surface area (Å²) < 4.78 is 36.5. The first-order chi connectivity index (χ1) is 8.18. The van der Waals surface area contributed by atoms with Crippen molar-refractivity contribution in [2.75, 3.05) is 20.1 Å². The van der Waals surface area contributed by atoms with E-state index in [0.29, 0.717) is 18.9 Å². The molecule has 0 heterocycles. The Morgan fingerprint density at radius 2 is 1.83 bits per heavy atom. The van der Waals surface area contributed by atoms with E-state index >= 15 is 0 Å². The molecule has 0 amide bonds. The molecule has 1 rings (SSSR count). The first-order valence-electron chi connectivity index (χ1n) is 6.66. The lowest BCUT2D eigenvalue weighted by Crippen LogP contribution is -2.50. The minimum absolute atomic E-state index is 0.155. The molecule has 3 unspecified atom stereocenters. The van der Waals surface area contributed by atoms with Crippen LogP contribution in [0.1, 0.15) is 39.5 Å². The van der Waals surface area contributed by atoms with Gasteiger partial charge in [-0.3, -0.25) is 4.90 Å². The van der Waals surface area contributed by atoms with E-state index in [1.54, 1.807) is 0 Å². The SMILES string of the molecule is CC1CC1CN(C)C(C)(CN)CCCC(F)(F)F. The topological polar surface area (TPSA) is 29.3 Å². The van der Waals surface area contributed by atoms with Gasteiger partial charge < -0.3 is 5.73 Å². The zero-order valence-corrected chi connectivity index (χ0v) is 11.6. The molecule has 1 aliphatic carbocycles. The molecule has 0 bridgehead atoms. The Balaban J connectivity index is 2.39. The predicted octanol–water partition coefficient (Wildman–Crippen LogP) is 3.02. The minimum atomic E-state index is -4.06. The number of hydrogen-bond acceptors (Lipinski definition) is 2. The molecule has 1 aliphatic rings. The molecule has 2 N–H and O–H groups in total. The van der Waals surface area contributed by atoms with Gasteiger partial charge in [-0.05, 0) is 45.1 Å². The summed E-state index contributed by atoms with van der Waals surface area (Å²) in [6.45, 7) is 5.53. The van der Waals surface area contributed by atoms with E-state index in [2.05, 4.69) is 11.8 Å². The lowest BCUT2D eigenvalue weighted by atomic mass is 9.92. The Labute approximate surface area is 108 Å². The van der Waals surface area contributed by atoms with Crippen molar-refractivity contribution in [1.29, 1.82) is 0 Å². The van der Waals surface area contributed by atoms with Crippen LogP contribution in [0, 0.1) is 11.8 Å². The summed E-state index contributed by atoms with van der Waals surface area (Å²) in [5.41, 5.74) is 5.45. The summed E-state index contributed by atoms with van der Waals surface area (Å²) in [7, 11) is 1.98. The van der Waals surface area contributed by atoms with E-state index in [-0.39, 0.29) is 12.0 Å². The highest BCUT2D eigenvalue weighted by Crippen LogP contribution is 2.39. The van der Waals surface area contributed by atoms with Gasteiger partial charge in [0.1, 0.15) is 0 Å². The fraction of sp³-hybridized carbons (Fsp3) is 1.00. The number of hydrogen-bond donors (Lipinski definition) is 1. The molecule has 1 fully saturated rings. The molecule has 3 atom stereocenters. The van der Waals surface area contributed by atoms with Crippen LogP contribution in [-0.4, -0.2) is 36.8 Å². The third kappa shape index (κ3) is 4.76. The zero-order valence-electron chi connectivity index (χ0n) is 11.6. The fourth-order valence-corrected chi connectivity index (χ4v) is 2.34. The van der Waals surface area contributed by atoms with Crippen LogP contribution in [0.3, 0.4) is 0 Å². The van der Waals surface area contributed by atoms with Gasteiger partial charge in [-0.1, -0.05) is 6.92 Å². The van der Waals surface area contributed by atoms with Gasteiger partial charge in [0, 0.05) is 25.0 Å². The van der Waals surface area contributed by atoms with E-state index in [4.69, 9.17) is 5.73 Å². The summed E-state index contributed by atoms with van der Waals surface area (Å²) in [6, 6.07) is 0. The molecule has 0 aliphatic heterocycles. The average Bonchev–Trinajstić information content (AvgIpc) is 2.92. The highest BCUT2D eigenvalue weighted by Gasteiger charge is 2.38. The second kappa shape index (κ2) is 5.78. The van der Waals surface area contributed by atoms with Gasteiger partial charge in [0.05, 0.1) is 0 Å². The molecule has 0 saturated heterocycles. The summed E-state index contributed by atoms with van der Waals surface area (Å²) in [4.78, 5) is 2.15. The molecule has 18 heavy (non-hydrogen) atoms. The van der Waals surface area contributed by atoms with E-state index in [9.17, 15) is 13.2 Å². The smallest absolute Gasteiger partial charge is 0.329 e. The Morgan fingerprint density at radius 3 is 2.22 bits per heavy atom. The Kier molecular flexibility index (Phi) is 5.06. The van der Waals surface area contributed by atoms with Crippen LogP contribution < -0.4 is 5.73 Å². The van der Waals surface area contributed by atoms with E-state index in [1.807, 2.05) is 14.0 Å². The second-order valence-corrected chi connectivity index (χ2v) is 6.02. The largest absolute Gasteiger partial charge is 0.389 e. The van der Waals surface area contributed by atoms with Crippen LogP contribution in [0.5, 0.6) is 0 Å². The molecule has 5 heteroatoms. The summed E-state index contributed by atoms with van der Waals surface area (Å²) in [5.74, 6) is 1.45. The van der Waals surface area contributed by atoms with Gasteiger partial charge in [0.15, 0.2) is 0 Å². The van der Waals surface area contributed by atoms with Gasteiger partial charge in [-0.25, -0.2) is 0 Å². The van der Waals surface area contributed by atoms with Crippen LogP contribution in [0.25, 0.3) is 0 Å². The van der Waals surface area contributed by atoms with Crippen molar-refractivity contribution in [3.8, 4) is 0 Å². The van der Waals surface area contributed by atoms with E-state index in [1.165, 1.54) is 6.42 Å². The first kappa shape index (κ1) is 15.8. The number of rotatable bonds is 7. The number of nitrogens with two attached hydrogens (primary N) is 1. The maximum atomic E-state index is 12.2. The lowest BCUT2D eigenvalue weighted by molar-refractivity contribution is -0.136. The van der Waals surface area contributed by atoms with Crippen molar-refractivity contribution in [2.24, 2.45) is 17.6 Å². The lowest BCUT2D eigenvalue weighted by Gasteiger charge is -2.38. The molecule has 0 spiro atoms. The molecule has 0 radical (unpaired) electrons. The van der Waals surface area contributed by atoms with Gasteiger partial charge in [-0.15, -0.1) is 0 Å². The molecule has 0 aromatic heterocycles. The molecule has 1 saturated carbocycles. The second-order valence-electron chi connectivity index (χ2n) is 6.02. The van der Waals surface area contributed by atoms with Crippen LogP contribution >= 0.6 is 0 Å². The summed E-state index contributed by atoms with van der Waals surface area (Å²) in [5, 5.41) is 0. The van der Waals surface area contributed by atoms with Gasteiger partial charge in [-0.2, -0.15) is 13.2 Å². The number of likely N-dealkylation sites (N-methyl/N-ethyl adjacent to an activating group) is 1. The van der Waals surface area contributed by atoms with Crippen LogP contribution in [0.15, 0.2) is 0 Å². The van der Waals surface area contributed by atoms with Crippen molar-refractivity contribution in [1.82, 2.24) is 4.90 Å². The maximum absolute atomic E-state index is 12.2. The third-order valence-corrected chi connectivity index (χ3v) is 4.32. The normalized spacial score (nSPS) is 27.3. The molecular weight excluding hydrogens is 241 g/mol. The van der Waals surface area contributed by atoms with Gasteiger partial charge in [0.25, 0.3) is 0 Å². The fourth-order valence-electron chi connectivity index (χ4n) is 2.34. The highest BCUT2D eigenvalue weighted by atomic mass is 19.4. The molecule has 2 nitrogen and oxygen atoms in total. The Hall–Kier alpha value is -0.290. The Morgan fingerprint density at radius 1 is 1.28 bits per heavy atom. The predicted molar refractivity (Wildman–Crippen MR) is 67.3 cm³/mol. The van der Waals surface area contributed by atoms with Crippen molar-refractivity contribution >= 4 is 0 Å². The van der Waals surface area contributed by atoms with Crippen LogP contribution in [0.2, 0.25) is 0 Å². The third-order valence-electron chi connectivity index (χ3n) is 4.32. The van der Waals surface area contributed by atoms with Crippen molar-refractivity contribution in [3.05, 3.63) is 0 Å². The van der Waals surface area contributed by atoms with Crippen LogP contribution in [-0.2, 0) is 0 Å². The summed E-state index contributed by atoms with van der Waals surface area (Å²) in [6.07, 6.45) is -2.88. The maximum Gasteiger partial charge on any atom is 0.389 e. The van der Waals surface area contributed by atoms with Crippen molar-refractivity contribution in [3.63, 3.8) is 0 Å². The Bertz CT molecular complexity index is 267. The van der Waals surface area contributed by atoms with Crippen LogP contribution in [0.4, 0.5) is 13.2 Å². The molecular formula is C13H25F3N2. The van der Waals surface area contributed by atoms with E-state index in [0.717, 1.165) is 12.5 Å². The quantitative estimate of drug-likeness (QED) is 0.767.